The number of piperazine rings is 1. The Morgan fingerprint density at radius 3 is 2.38 bits per heavy atom. The second kappa shape index (κ2) is 6.48. The first kappa shape index (κ1) is 16.5. The van der Waals surface area contributed by atoms with E-state index >= 15 is 0 Å². The van der Waals surface area contributed by atoms with Crippen molar-refractivity contribution in [3.63, 3.8) is 0 Å². The second-order valence-electron chi connectivity index (χ2n) is 5.91. The van der Waals surface area contributed by atoms with Crippen molar-refractivity contribution < 1.29 is 8.42 Å². The molecule has 1 fully saturated rings. The number of nitrogens with zero attached hydrogens (tertiary/aromatic N) is 3. The van der Waals surface area contributed by atoms with Gasteiger partial charge in [-0.2, -0.15) is 4.31 Å². The minimum absolute atomic E-state index is 0.241. The molecule has 1 N–H and O–H groups in total. The first-order valence-electron chi connectivity index (χ1n) is 7.40. The second-order valence-corrected chi connectivity index (χ2v) is 7.84. The summed E-state index contributed by atoms with van der Waals surface area (Å²) in [5, 5.41) is 3.09. The van der Waals surface area contributed by atoms with E-state index in [2.05, 4.69) is 24.1 Å². The fourth-order valence-corrected chi connectivity index (χ4v) is 4.09. The number of rotatable bonds is 5. The quantitative estimate of drug-likeness (QED) is 0.870. The van der Waals surface area contributed by atoms with E-state index in [9.17, 15) is 8.42 Å². The van der Waals surface area contributed by atoms with E-state index in [0.717, 1.165) is 18.8 Å². The highest BCUT2D eigenvalue weighted by Gasteiger charge is 2.29. The summed E-state index contributed by atoms with van der Waals surface area (Å²) in [5.41, 5.74) is 1.00. The lowest BCUT2D eigenvalue weighted by Crippen LogP contribution is -2.46. The number of hydrogen-bond donors (Lipinski definition) is 1. The van der Waals surface area contributed by atoms with E-state index in [1.54, 1.807) is 16.6 Å². The van der Waals surface area contributed by atoms with Crippen LogP contribution >= 0.6 is 0 Å². The van der Waals surface area contributed by atoms with Crippen molar-refractivity contribution in [2.45, 2.75) is 31.3 Å². The van der Waals surface area contributed by atoms with Gasteiger partial charge in [-0.1, -0.05) is 0 Å². The molecule has 0 aromatic carbocycles. The normalized spacial score (nSPS) is 18.5. The molecule has 2 heterocycles. The van der Waals surface area contributed by atoms with Crippen molar-refractivity contribution in [3.8, 4) is 0 Å². The number of likely N-dealkylation sites (N-methyl/N-ethyl adjacent to an activating group) is 1. The van der Waals surface area contributed by atoms with E-state index in [-0.39, 0.29) is 6.04 Å². The van der Waals surface area contributed by atoms with Gasteiger partial charge in [-0.05, 0) is 34.0 Å². The highest BCUT2D eigenvalue weighted by atomic mass is 32.2. The van der Waals surface area contributed by atoms with Crippen LogP contribution in [0.2, 0.25) is 0 Å². The van der Waals surface area contributed by atoms with Crippen molar-refractivity contribution in [3.05, 3.63) is 18.0 Å². The number of sulfonamides is 1. The number of nitrogens with one attached hydrogen (secondary N) is 1. The van der Waals surface area contributed by atoms with Crippen LogP contribution in [0.3, 0.4) is 0 Å². The molecule has 6 nitrogen and oxygen atoms in total. The Labute approximate surface area is 127 Å². The first-order chi connectivity index (χ1) is 9.86. The lowest BCUT2D eigenvalue weighted by Gasteiger charge is -2.31. The lowest BCUT2D eigenvalue weighted by atomic mass is 10.3. The summed E-state index contributed by atoms with van der Waals surface area (Å²) in [6.45, 7) is 7.48. The summed E-state index contributed by atoms with van der Waals surface area (Å²) >= 11 is 0. The maximum Gasteiger partial charge on any atom is 0.244 e. The summed E-state index contributed by atoms with van der Waals surface area (Å²) in [5.74, 6) is 0. The molecule has 0 spiro atoms. The SMILES string of the molecule is CNCc1cc(S(=O)(=O)N2CCN(C)CC2)cn1C(C)C. The van der Waals surface area contributed by atoms with Gasteiger partial charge in [0.05, 0.1) is 0 Å². The molecule has 1 aromatic rings. The van der Waals surface area contributed by atoms with Crippen molar-refractivity contribution in [2.24, 2.45) is 0 Å². The molecule has 21 heavy (non-hydrogen) atoms. The third-order valence-electron chi connectivity index (χ3n) is 3.92. The summed E-state index contributed by atoms with van der Waals surface area (Å²) in [6, 6.07) is 2.04. The van der Waals surface area contributed by atoms with Crippen LogP contribution < -0.4 is 5.32 Å². The smallest absolute Gasteiger partial charge is 0.244 e. The van der Waals surface area contributed by atoms with Gasteiger partial charge in [-0.3, -0.25) is 0 Å². The van der Waals surface area contributed by atoms with Crippen LogP contribution in [0.4, 0.5) is 0 Å². The Morgan fingerprint density at radius 1 is 1.24 bits per heavy atom. The standard InChI is InChI=1S/C14H26N4O2S/c1-12(2)18-11-14(9-13(18)10-15-3)21(19,20)17-7-5-16(4)6-8-17/h9,11-12,15H,5-8,10H2,1-4H3. The Balaban J connectivity index is 2.29. The van der Waals surface area contributed by atoms with Gasteiger partial charge in [-0.25, -0.2) is 8.42 Å². The molecule has 0 radical (unpaired) electrons. The van der Waals surface area contributed by atoms with Gasteiger partial charge < -0.3 is 14.8 Å². The molecule has 7 heteroatoms. The maximum absolute atomic E-state index is 12.8. The van der Waals surface area contributed by atoms with Crippen molar-refractivity contribution in [2.75, 3.05) is 40.3 Å². The first-order valence-corrected chi connectivity index (χ1v) is 8.84. The summed E-state index contributed by atoms with van der Waals surface area (Å²) in [4.78, 5) is 2.56. The molecule has 1 aliphatic heterocycles. The van der Waals surface area contributed by atoms with E-state index < -0.39 is 10.0 Å². The summed E-state index contributed by atoms with van der Waals surface area (Å²) in [6.07, 6.45) is 1.77. The van der Waals surface area contributed by atoms with Crippen LogP contribution in [0, 0.1) is 0 Å². The third-order valence-corrected chi connectivity index (χ3v) is 5.79. The van der Waals surface area contributed by atoms with E-state index in [0.29, 0.717) is 24.5 Å². The molecule has 0 atom stereocenters. The number of aromatic nitrogens is 1. The van der Waals surface area contributed by atoms with Gasteiger partial charge >= 0.3 is 0 Å². The average molecular weight is 314 g/mol. The van der Waals surface area contributed by atoms with Gasteiger partial charge in [0.2, 0.25) is 10.0 Å². The molecule has 2 rings (SSSR count). The molecule has 1 aliphatic rings. The van der Waals surface area contributed by atoms with Crippen LogP contribution in [0.1, 0.15) is 25.6 Å². The molecule has 0 saturated carbocycles. The Bertz CT molecular complexity index is 572. The van der Waals surface area contributed by atoms with Gasteiger partial charge in [0, 0.05) is 50.7 Å². The predicted molar refractivity (Wildman–Crippen MR) is 83.8 cm³/mol. The minimum atomic E-state index is -3.38. The lowest BCUT2D eigenvalue weighted by molar-refractivity contribution is 0.222. The summed E-state index contributed by atoms with van der Waals surface area (Å²) in [7, 11) is 0.505. The topological polar surface area (TPSA) is 57.6 Å². The predicted octanol–water partition coefficient (Wildman–Crippen LogP) is 0.725. The average Bonchev–Trinajstić information content (AvgIpc) is 2.84. The Hall–Kier alpha value is -0.890. The zero-order chi connectivity index (χ0) is 15.6. The molecule has 1 saturated heterocycles. The molecule has 1 aromatic heterocycles. The Morgan fingerprint density at radius 2 is 1.86 bits per heavy atom. The maximum atomic E-state index is 12.8. The molecule has 0 amide bonds. The van der Waals surface area contributed by atoms with Gasteiger partial charge in [0.1, 0.15) is 4.90 Å². The van der Waals surface area contributed by atoms with E-state index in [1.807, 2.05) is 18.7 Å². The zero-order valence-electron chi connectivity index (χ0n) is 13.3. The fourth-order valence-electron chi connectivity index (χ4n) is 2.62. The third kappa shape index (κ3) is 3.48. The molecule has 0 unspecified atom stereocenters. The van der Waals surface area contributed by atoms with Crippen LogP contribution in [-0.4, -0.2) is 62.5 Å². The zero-order valence-corrected chi connectivity index (χ0v) is 14.2. The van der Waals surface area contributed by atoms with Crippen LogP contribution in [-0.2, 0) is 16.6 Å². The molecule has 0 bridgehead atoms. The highest BCUT2D eigenvalue weighted by molar-refractivity contribution is 7.89. The Kier molecular flexibility index (Phi) is 5.08. The van der Waals surface area contributed by atoms with Crippen LogP contribution in [0.15, 0.2) is 17.2 Å². The number of hydrogen-bond acceptors (Lipinski definition) is 4. The largest absolute Gasteiger partial charge is 0.346 e. The van der Waals surface area contributed by atoms with Crippen molar-refractivity contribution >= 4 is 10.0 Å². The van der Waals surface area contributed by atoms with Gasteiger partial charge in [0.25, 0.3) is 0 Å². The van der Waals surface area contributed by atoms with Gasteiger partial charge in [0.15, 0.2) is 0 Å². The van der Waals surface area contributed by atoms with Crippen LogP contribution in [0.5, 0.6) is 0 Å². The fraction of sp³-hybridized carbons (Fsp3) is 0.714. The molecule has 0 aliphatic carbocycles. The molecular weight excluding hydrogens is 288 g/mol. The molecule has 120 valence electrons. The highest BCUT2D eigenvalue weighted by Crippen LogP contribution is 2.23. The molecular formula is C14H26N4O2S. The van der Waals surface area contributed by atoms with Crippen LogP contribution in [0.25, 0.3) is 0 Å². The minimum Gasteiger partial charge on any atom is -0.346 e. The monoisotopic (exact) mass is 314 g/mol. The van der Waals surface area contributed by atoms with Gasteiger partial charge in [-0.15, -0.1) is 0 Å². The van der Waals surface area contributed by atoms with E-state index in [4.69, 9.17) is 0 Å². The summed E-state index contributed by atoms with van der Waals surface area (Å²) < 4.78 is 29.1. The van der Waals surface area contributed by atoms with Crippen molar-refractivity contribution in [1.29, 1.82) is 0 Å². The van der Waals surface area contributed by atoms with Crippen molar-refractivity contribution in [1.82, 2.24) is 19.1 Å². The van der Waals surface area contributed by atoms with E-state index in [1.165, 1.54) is 0 Å².